The van der Waals surface area contributed by atoms with Gasteiger partial charge in [-0.15, -0.1) is 0 Å². The van der Waals surface area contributed by atoms with Crippen molar-refractivity contribution >= 4 is 40.5 Å². The zero-order chi connectivity index (χ0) is 21.4. The Kier molecular flexibility index (Phi) is 5.89. The molecule has 160 valence electrons. The third-order valence-corrected chi connectivity index (χ3v) is 6.76. The second-order valence-electron chi connectivity index (χ2n) is 7.81. The summed E-state index contributed by atoms with van der Waals surface area (Å²) in [6.45, 7) is 1.54. The molecule has 1 N–H and O–H groups in total. The molecule has 0 radical (unpaired) electrons. The number of rotatable bonds is 5. The molecule has 4 heterocycles. The summed E-state index contributed by atoms with van der Waals surface area (Å²) < 4.78 is 8.04. The summed E-state index contributed by atoms with van der Waals surface area (Å²) in [5.74, 6) is 0. The number of hydrogen-bond acceptors (Lipinski definition) is 3. The smallest absolute Gasteiger partial charge is 0.170 e. The lowest BCUT2D eigenvalue weighted by molar-refractivity contribution is 0.0836. The molecule has 1 aromatic carbocycles. The molecule has 0 spiro atoms. The summed E-state index contributed by atoms with van der Waals surface area (Å²) >= 11 is 18.5. The molecule has 0 unspecified atom stereocenters. The van der Waals surface area contributed by atoms with Crippen LogP contribution in [0.2, 0.25) is 10.0 Å². The molecule has 3 atom stereocenters. The van der Waals surface area contributed by atoms with E-state index >= 15 is 0 Å². The van der Waals surface area contributed by atoms with Crippen molar-refractivity contribution in [3.8, 4) is 5.69 Å². The molecule has 2 aliphatic heterocycles. The molecule has 8 heteroatoms. The van der Waals surface area contributed by atoms with Crippen LogP contribution >= 0.6 is 35.4 Å². The van der Waals surface area contributed by atoms with Gasteiger partial charge in [0.05, 0.1) is 34.6 Å². The maximum absolute atomic E-state index is 6.56. The Morgan fingerprint density at radius 1 is 1.16 bits per heavy atom. The van der Waals surface area contributed by atoms with Crippen LogP contribution in [0.5, 0.6) is 0 Å². The van der Waals surface area contributed by atoms with Gasteiger partial charge in [-0.3, -0.25) is 4.98 Å². The zero-order valence-corrected chi connectivity index (χ0v) is 19.1. The Morgan fingerprint density at radius 3 is 2.81 bits per heavy atom. The maximum Gasteiger partial charge on any atom is 0.170 e. The number of hydrogen-bond donors (Lipinski definition) is 1. The van der Waals surface area contributed by atoms with Gasteiger partial charge >= 0.3 is 0 Å². The summed E-state index contributed by atoms with van der Waals surface area (Å²) in [6.07, 6.45) is 6.14. The Morgan fingerprint density at radius 2 is 2.06 bits per heavy atom. The molecule has 0 bridgehead atoms. The van der Waals surface area contributed by atoms with Crippen LogP contribution in [0, 0.1) is 0 Å². The molecule has 3 aromatic rings. The van der Waals surface area contributed by atoms with E-state index < -0.39 is 0 Å². The minimum absolute atomic E-state index is 0.0617. The van der Waals surface area contributed by atoms with E-state index in [0.29, 0.717) is 15.2 Å². The highest BCUT2D eigenvalue weighted by molar-refractivity contribution is 7.80. The first-order chi connectivity index (χ1) is 15.1. The van der Waals surface area contributed by atoms with Crippen LogP contribution in [-0.2, 0) is 4.74 Å². The van der Waals surface area contributed by atoms with Crippen molar-refractivity contribution in [1.82, 2.24) is 19.8 Å². The molecule has 2 aliphatic rings. The van der Waals surface area contributed by atoms with E-state index in [1.54, 1.807) is 6.07 Å². The number of nitrogens with one attached hydrogen (secondary N) is 1. The van der Waals surface area contributed by atoms with E-state index in [1.165, 1.54) is 0 Å². The number of pyridine rings is 1. The van der Waals surface area contributed by atoms with Crippen LogP contribution < -0.4 is 5.32 Å². The summed E-state index contributed by atoms with van der Waals surface area (Å²) in [4.78, 5) is 6.86. The van der Waals surface area contributed by atoms with E-state index in [2.05, 4.69) is 25.8 Å². The van der Waals surface area contributed by atoms with Gasteiger partial charge in [0.1, 0.15) is 0 Å². The van der Waals surface area contributed by atoms with Gasteiger partial charge in [-0.1, -0.05) is 29.3 Å². The molecule has 0 saturated carbocycles. The van der Waals surface area contributed by atoms with Crippen molar-refractivity contribution in [3.05, 3.63) is 82.4 Å². The van der Waals surface area contributed by atoms with Gasteiger partial charge in [0, 0.05) is 36.3 Å². The van der Waals surface area contributed by atoms with E-state index in [4.69, 9.17) is 40.2 Å². The molecule has 31 heavy (non-hydrogen) atoms. The Balaban J connectivity index is 1.58. The molecule has 0 aliphatic carbocycles. The zero-order valence-electron chi connectivity index (χ0n) is 16.7. The van der Waals surface area contributed by atoms with Crippen molar-refractivity contribution in [2.45, 2.75) is 31.0 Å². The van der Waals surface area contributed by atoms with Crippen LogP contribution in [0.1, 0.15) is 36.3 Å². The minimum Gasteiger partial charge on any atom is -0.376 e. The number of ether oxygens (including phenoxy) is 1. The van der Waals surface area contributed by atoms with Crippen LogP contribution in [0.4, 0.5) is 0 Å². The van der Waals surface area contributed by atoms with Gasteiger partial charge in [-0.25, -0.2) is 0 Å². The molecular formula is C23H22Cl2N4OS. The molecule has 2 aromatic heterocycles. The largest absolute Gasteiger partial charge is 0.376 e. The lowest BCUT2D eigenvalue weighted by Gasteiger charge is -2.30. The van der Waals surface area contributed by atoms with Crippen molar-refractivity contribution in [2.24, 2.45) is 0 Å². The number of nitrogens with zero attached hydrogens (tertiary/aromatic N) is 3. The van der Waals surface area contributed by atoms with E-state index in [1.807, 2.05) is 48.8 Å². The summed E-state index contributed by atoms with van der Waals surface area (Å²) in [5, 5.41) is 5.43. The topological polar surface area (TPSA) is 42.3 Å². The second kappa shape index (κ2) is 8.79. The van der Waals surface area contributed by atoms with E-state index in [-0.39, 0.29) is 18.2 Å². The fourth-order valence-electron chi connectivity index (χ4n) is 4.46. The highest BCUT2D eigenvalue weighted by atomic mass is 35.5. The van der Waals surface area contributed by atoms with Crippen LogP contribution in [0.15, 0.2) is 60.9 Å². The van der Waals surface area contributed by atoms with Gasteiger partial charge in [0.2, 0.25) is 0 Å². The summed E-state index contributed by atoms with van der Waals surface area (Å²) in [5.41, 5.74) is 2.89. The van der Waals surface area contributed by atoms with Crippen LogP contribution in [-0.4, -0.2) is 38.8 Å². The number of benzene rings is 1. The molecule has 0 amide bonds. The first-order valence-electron chi connectivity index (χ1n) is 10.3. The third kappa shape index (κ3) is 4.05. The Bertz CT molecular complexity index is 1080. The fourth-order valence-corrected chi connectivity index (χ4v) is 5.28. The van der Waals surface area contributed by atoms with E-state index in [9.17, 15) is 0 Å². The monoisotopic (exact) mass is 472 g/mol. The van der Waals surface area contributed by atoms with Crippen molar-refractivity contribution in [1.29, 1.82) is 0 Å². The number of halogens is 2. The minimum atomic E-state index is -0.0881. The van der Waals surface area contributed by atoms with Crippen LogP contribution in [0.25, 0.3) is 5.69 Å². The average molecular weight is 473 g/mol. The second-order valence-corrected chi connectivity index (χ2v) is 9.04. The van der Waals surface area contributed by atoms with Crippen molar-refractivity contribution in [2.75, 3.05) is 13.2 Å². The standard InChI is InChI=1S/C23H22Cl2N4OS/c24-15-8-9-19(17(25)13-15)28-11-3-7-20(28)22-21(18-6-1-2-10-26-18)27-23(31)29(22)14-16-5-4-12-30-16/h1-3,6-11,13,16,21-22H,4-5,12,14H2,(H,27,31)/t16-,21+,22+/m0/s1. The first-order valence-corrected chi connectivity index (χ1v) is 11.5. The summed E-state index contributed by atoms with van der Waals surface area (Å²) in [7, 11) is 0. The van der Waals surface area contributed by atoms with Gasteiger partial charge in [-0.2, -0.15) is 0 Å². The predicted molar refractivity (Wildman–Crippen MR) is 127 cm³/mol. The number of thiocarbonyl (C=S) groups is 1. The first kappa shape index (κ1) is 20.8. The number of aromatic nitrogens is 2. The van der Waals surface area contributed by atoms with E-state index in [0.717, 1.165) is 43.1 Å². The van der Waals surface area contributed by atoms with Crippen molar-refractivity contribution < 1.29 is 4.74 Å². The third-order valence-electron chi connectivity index (χ3n) is 5.87. The highest BCUT2D eigenvalue weighted by Gasteiger charge is 2.42. The quantitative estimate of drug-likeness (QED) is 0.508. The molecule has 5 nitrogen and oxygen atoms in total. The normalized spacial score (nSPS) is 23.4. The maximum atomic E-state index is 6.56. The van der Waals surface area contributed by atoms with Gasteiger partial charge in [0.25, 0.3) is 0 Å². The molecule has 5 rings (SSSR count). The fraction of sp³-hybridized carbons (Fsp3) is 0.304. The van der Waals surface area contributed by atoms with Crippen molar-refractivity contribution in [3.63, 3.8) is 0 Å². The Hall–Kier alpha value is -2.12. The SMILES string of the molecule is S=C1N[C@H](c2ccccn2)[C@@H](c2cccn2-c2ccc(Cl)cc2Cl)N1C[C@@H]1CCCO1. The van der Waals surface area contributed by atoms with Gasteiger partial charge in [0.15, 0.2) is 5.11 Å². The highest BCUT2D eigenvalue weighted by Crippen LogP contribution is 2.41. The lowest BCUT2D eigenvalue weighted by atomic mass is 10.0. The molecule has 2 saturated heterocycles. The molecule has 2 fully saturated rings. The lowest BCUT2D eigenvalue weighted by Crippen LogP contribution is -2.36. The van der Waals surface area contributed by atoms with Gasteiger partial charge in [-0.05, 0) is 67.5 Å². The average Bonchev–Trinajstić information content (AvgIpc) is 3.50. The predicted octanol–water partition coefficient (Wildman–Crippen LogP) is 5.33. The molecular weight excluding hydrogens is 451 g/mol. The van der Waals surface area contributed by atoms with Gasteiger partial charge < -0.3 is 19.5 Å². The van der Waals surface area contributed by atoms with Crippen LogP contribution in [0.3, 0.4) is 0 Å². The summed E-state index contributed by atoms with van der Waals surface area (Å²) in [6, 6.07) is 15.5. The Labute approximate surface area is 196 Å².